The SMILES string of the molecule is O=C(/C=C/c1ccccc1)NCC1(c2cccs2)CC1. The molecule has 1 aromatic heterocycles. The summed E-state index contributed by atoms with van der Waals surface area (Å²) in [5.41, 5.74) is 1.26. The van der Waals surface area contributed by atoms with Crippen molar-refractivity contribution in [2.45, 2.75) is 18.3 Å². The zero-order valence-electron chi connectivity index (χ0n) is 11.2. The minimum absolute atomic E-state index is 0.0170. The van der Waals surface area contributed by atoms with Gasteiger partial charge in [0.2, 0.25) is 5.91 Å². The molecule has 1 aliphatic rings. The second-order valence-corrected chi connectivity index (χ2v) is 6.17. The largest absolute Gasteiger partial charge is 0.352 e. The minimum Gasteiger partial charge on any atom is -0.352 e. The number of nitrogens with one attached hydrogen (secondary N) is 1. The third kappa shape index (κ3) is 2.99. The molecule has 102 valence electrons. The zero-order chi connectivity index (χ0) is 13.8. The standard InChI is InChI=1S/C17H17NOS/c19-16(9-8-14-5-2-1-3-6-14)18-13-17(10-11-17)15-7-4-12-20-15/h1-9,12H,10-11,13H2,(H,18,19)/b9-8+. The van der Waals surface area contributed by atoms with Crippen LogP contribution in [0.15, 0.2) is 53.9 Å². The summed E-state index contributed by atoms with van der Waals surface area (Å²) in [5, 5.41) is 5.13. The van der Waals surface area contributed by atoms with Crippen LogP contribution in [0.3, 0.4) is 0 Å². The molecule has 0 saturated heterocycles. The average molecular weight is 283 g/mol. The highest BCUT2D eigenvalue weighted by Gasteiger charge is 2.45. The molecule has 2 aromatic rings. The Morgan fingerprint density at radius 1 is 1.20 bits per heavy atom. The summed E-state index contributed by atoms with van der Waals surface area (Å²) < 4.78 is 0. The predicted molar refractivity (Wildman–Crippen MR) is 83.7 cm³/mol. The van der Waals surface area contributed by atoms with Gasteiger partial charge in [0.1, 0.15) is 0 Å². The Morgan fingerprint density at radius 2 is 2.00 bits per heavy atom. The van der Waals surface area contributed by atoms with Crippen LogP contribution in [0.4, 0.5) is 0 Å². The number of carbonyl (C=O) groups is 1. The van der Waals surface area contributed by atoms with Crippen LogP contribution in [-0.2, 0) is 10.2 Å². The monoisotopic (exact) mass is 283 g/mol. The lowest BCUT2D eigenvalue weighted by atomic mass is 10.1. The van der Waals surface area contributed by atoms with Crippen LogP contribution in [0.1, 0.15) is 23.3 Å². The summed E-state index contributed by atoms with van der Waals surface area (Å²) >= 11 is 1.78. The van der Waals surface area contributed by atoms with Crippen LogP contribution >= 0.6 is 11.3 Å². The molecule has 0 unspecified atom stereocenters. The second kappa shape index (κ2) is 5.63. The number of thiophene rings is 1. The lowest BCUT2D eigenvalue weighted by Crippen LogP contribution is -2.30. The highest BCUT2D eigenvalue weighted by Crippen LogP contribution is 2.49. The van der Waals surface area contributed by atoms with Gasteiger partial charge in [0.05, 0.1) is 0 Å². The lowest BCUT2D eigenvalue weighted by molar-refractivity contribution is -0.116. The second-order valence-electron chi connectivity index (χ2n) is 5.22. The van der Waals surface area contributed by atoms with Crippen LogP contribution in [-0.4, -0.2) is 12.5 Å². The zero-order valence-corrected chi connectivity index (χ0v) is 12.0. The van der Waals surface area contributed by atoms with Crippen LogP contribution in [0.2, 0.25) is 0 Å². The molecule has 1 N–H and O–H groups in total. The van der Waals surface area contributed by atoms with Crippen molar-refractivity contribution in [1.29, 1.82) is 0 Å². The smallest absolute Gasteiger partial charge is 0.244 e. The topological polar surface area (TPSA) is 29.1 Å². The van der Waals surface area contributed by atoms with E-state index in [2.05, 4.69) is 22.8 Å². The summed E-state index contributed by atoms with van der Waals surface area (Å²) in [7, 11) is 0. The van der Waals surface area contributed by atoms with Crippen molar-refractivity contribution in [3.63, 3.8) is 0 Å². The predicted octanol–water partition coefficient (Wildman–Crippen LogP) is 3.61. The molecule has 1 fully saturated rings. The Bertz CT molecular complexity index is 597. The normalized spacial score (nSPS) is 16.2. The van der Waals surface area contributed by atoms with Gasteiger partial charge >= 0.3 is 0 Å². The quantitative estimate of drug-likeness (QED) is 0.834. The van der Waals surface area contributed by atoms with Crippen molar-refractivity contribution >= 4 is 23.3 Å². The molecule has 20 heavy (non-hydrogen) atoms. The highest BCUT2D eigenvalue weighted by molar-refractivity contribution is 7.10. The third-order valence-electron chi connectivity index (χ3n) is 3.73. The van der Waals surface area contributed by atoms with Crippen LogP contribution < -0.4 is 5.32 Å². The molecule has 1 aliphatic carbocycles. The molecule has 1 heterocycles. The first-order valence-electron chi connectivity index (χ1n) is 6.83. The van der Waals surface area contributed by atoms with Gasteiger partial charge in [0.25, 0.3) is 0 Å². The molecule has 0 radical (unpaired) electrons. The van der Waals surface area contributed by atoms with Crippen LogP contribution in [0, 0.1) is 0 Å². The Kier molecular flexibility index (Phi) is 3.70. The maximum absolute atomic E-state index is 11.9. The Balaban J connectivity index is 1.54. The van der Waals surface area contributed by atoms with Crippen molar-refractivity contribution in [2.75, 3.05) is 6.54 Å². The first-order valence-corrected chi connectivity index (χ1v) is 7.71. The maximum Gasteiger partial charge on any atom is 0.244 e. The van der Waals surface area contributed by atoms with Crippen molar-refractivity contribution in [3.8, 4) is 0 Å². The number of rotatable bonds is 5. The number of benzene rings is 1. The van der Waals surface area contributed by atoms with Gasteiger partial charge < -0.3 is 5.32 Å². The van der Waals surface area contributed by atoms with Gasteiger partial charge in [-0.05, 0) is 35.9 Å². The van der Waals surface area contributed by atoms with Gasteiger partial charge in [-0.2, -0.15) is 0 Å². The lowest BCUT2D eigenvalue weighted by Gasteiger charge is -2.13. The van der Waals surface area contributed by atoms with Crippen molar-refractivity contribution < 1.29 is 4.79 Å². The molecule has 1 saturated carbocycles. The van der Waals surface area contributed by atoms with Gasteiger partial charge in [-0.15, -0.1) is 11.3 Å². The summed E-state index contributed by atoms with van der Waals surface area (Å²) in [6.45, 7) is 0.742. The van der Waals surface area contributed by atoms with E-state index in [1.807, 2.05) is 36.4 Å². The van der Waals surface area contributed by atoms with E-state index in [9.17, 15) is 4.79 Å². The van der Waals surface area contributed by atoms with Crippen molar-refractivity contribution in [3.05, 3.63) is 64.4 Å². The highest BCUT2D eigenvalue weighted by atomic mass is 32.1. The van der Waals surface area contributed by atoms with E-state index in [0.717, 1.165) is 12.1 Å². The summed E-state index contributed by atoms with van der Waals surface area (Å²) in [6, 6.07) is 14.1. The fourth-order valence-corrected chi connectivity index (χ4v) is 3.28. The molecular formula is C17H17NOS. The number of amides is 1. The molecule has 0 spiro atoms. The summed E-state index contributed by atoms with van der Waals surface area (Å²) in [4.78, 5) is 13.3. The van der Waals surface area contributed by atoms with E-state index in [-0.39, 0.29) is 11.3 Å². The Hall–Kier alpha value is -1.87. The van der Waals surface area contributed by atoms with Crippen LogP contribution in [0.25, 0.3) is 6.08 Å². The molecule has 3 heteroatoms. The first kappa shape index (κ1) is 13.1. The molecule has 0 atom stereocenters. The van der Waals surface area contributed by atoms with Gasteiger partial charge in [-0.25, -0.2) is 0 Å². The maximum atomic E-state index is 11.9. The molecule has 3 rings (SSSR count). The fraction of sp³-hybridized carbons (Fsp3) is 0.235. The van der Waals surface area contributed by atoms with E-state index in [1.165, 1.54) is 17.7 Å². The molecule has 0 aliphatic heterocycles. The number of carbonyl (C=O) groups excluding carboxylic acids is 1. The Labute approximate surface area is 123 Å². The van der Waals surface area contributed by atoms with E-state index >= 15 is 0 Å². The van der Waals surface area contributed by atoms with Gasteiger partial charge in [-0.1, -0.05) is 36.4 Å². The van der Waals surface area contributed by atoms with E-state index in [4.69, 9.17) is 0 Å². The molecule has 1 aromatic carbocycles. The van der Waals surface area contributed by atoms with Crippen molar-refractivity contribution in [2.24, 2.45) is 0 Å². The summed E-state index contributed by atoms with van der Waals surface area (Å²) in [6.07, 6.45) is 5.81. The molecule has 2 nitrogen and oxygen atoms in total. The molecule has 0 bridgehead atoms. The van der Waals surface area contributed by atoms with E-state index in [0.29, 0.717) is 0 Å². The minimum atomic E-state index is -0.0170. The van der Waals surface area contributed by atoms with Gasteiger partial charge in [-0.3, -0.25) is 4.79 Å². The van der Waals surface area contributed by atoms with Gasteiger partial charge in [0.15, 0.2) is 0 Å². The molecular weight excluding hydrogens is 266 g/mol. The number of hydrogen-bond donors (Lipinski definition) is 1. The van der Waals surface area contributed by atoms with Gasteiger partial charge in [0, 0.05) is 22.9 Å². The summed E-state index contributed by atoms with van der Waals surface area (Å²) in [5.74, 6) is -0.0170. The van der Waals surface area contributed by atoms with Crippen LogP contribution in [0.5, 0.6) is 0 Å². The van der Waals surface area contributed by atoms with E-state index in [1.54, 1.807) is 17.4 Å². The van der Waals surface area contributed by atoms with E-state index < -0.39 is 0 Å². The van der Waals surface area contributed by atoms with Crippen molar-refractivity contribution in [1.82, 2.24) is 5.32 Å². The Morgan fingerprint density at radius 3 is 2.65 bits per heavy atom. The fourth-order valence-electron chi connectivity index (χ4n) is 2.29. The third-order valence-corrected chi connectivity index (χ3v) is 4.84. The molecule has 1 amide bonds. The average Bonchev–Trinajstić information content (AvgIpc) is 3.07. The number of hydrogen-bond acceptors (Lipinski definition) is 2. The first-order chi connectivity index (χ1) is 9.78.